The first-order valence-corrected chi connectivity index (χ1v) is 7.89. The van der Waals surface area contributed by atoms with E-state index in [0.717, 1.165) is 6.07 Å². The highest BCUT2D eigenvalue weighted by atomic mass is 16.6. The van der Waals surface area contributed by atoms with E-state index in [9.17, 15) is 20.0 Å². The number of ether oxygens (including phenoxy) is 1. The summed E-state index contributed by atoms with van der Waals surface area (Å²) in [5.74, 6) is -0.957. The van der Waals surface area contributed by atoms with Crippen molar-refractivity contribution in [2.75, 3.05) is 7.11 Å². The molecule has 27 heavy (non-hydrogen) atoms. The third-order valence-corrected chi connectivity index (χ3v) is 3.79. The molecule has 0 fully saturated rings. The number of rotatable bonds is 5. The lowest BCUT2D eigenvalue weighted by Gasteiger charge is -2.21. The second-order valence-corrected chi connectivity index (χ2v) is 6.76. The summed E-state index contributed by atoms with van der Waals surface area (Å²) in [7, 11) is 1.47. The Kier molecular flexibility index (Phi) is 5.44. The third kappa shape index (κ3) is 4.38. The highest BCUT2D eigenvalue weighted by Gasteiger charge is 2.22. The van der Waals surface area contributed by atoms with Crippen LogP contribution in [-0.4, -0.2) is 28.2 Å². The van der Waals surface area contributed by atoms with E-state index in [2.05, 4.69) is 10.2 Å². The Morgan fingerprint density at radius 3 is 2.30 bits per heavy atom. The van der Waals surface area contributed by atoms with Crippen LogP contribution in [0.5, 0.6) is 11.5 Å². The van der Waals surface area contributed by atoms with E-state index in [1.165, 1.54) is 25.3 Å². The molecular weight excluding hydrogens is 354 g/mol. The van der Waals surface area contributed by atoms with Crippen molar-refractivity contribution in [2.24, 2.45) is 10.2 Å². The number of methoxy groups -OCH3 is 1. The van der Waals surface area contributed by atoms with E-state index in [1.54, 1.807) is 6.07 Å². The summed E-state index contributed by atoms with van der Waals surface area (Å²) < 4.78 is 5.22. The Morgan fingerprint density at radius 1 is 1.15 bits per heavy atom. The lowest BCUT2D eigenvalue weighted by molar-refractivity contribution is -0.384. The molecule has 0 amide bonds. The molecule has 0 unspecified atom stereocenters. The van der Waals surface area contributed by atoms with Crippen molar-refractivity contribution in [1.29, 1.82) is 0 Å². The van der Waals surface area contributed by atoms with Crippen LogP contribution in [0.15, 0.2) is 40.6 Å². The molecule has 0 aliphatic heterocycles. The molecule has 2 aromatic rings. The fourth-order valence-electron chi connectivity index (χ4n) is 2.35. The number of phenols is 1. The second kappa shape index (κ2) is 7.40. The van der Waals surface area contributed by atoms with Gasteiger partial charge in [-0.05, 0) is 23.6 Å². The molecule has 0 aliphatic rings. The van der Waals surface area contributed by atoms with E-state index in [4.69, 9.17) is 9.84 Å². The maximum Gasteiger partial charge on any atom is 0.335 e. The van der Waals surface area contributed by atoms with Gasteiger partial charge in [0.25, 0.3) is 5.69 Å². The highest BCUT2D eigenvalue weighted by molar-refractivity contribution is 5.89. The van der Waals surface area contributed by atoms with Crippen LogP contribution in [0, 0.1) is 10.1 Å². The maximum absolute atomic E-state index is 11.2. The number of benzene rings is 2. The quantitative estimate of drug-likeness (QED) is 0.442. The van der Waals surface area contributed by atoms with Crippen LogP contribution in [0.2, 0.25) is 0 Å². The highest BCUT2D eigenvalue weighted by Crippen LogP contribution is 2.42. The summed E-state index contributed by atoms with van der Waals surface area (Å²) >= 11 is 0. The van der Waals surface area contributed by atoms with Gasteiger partial charge >= 0.3 is 5.97 Å². The van der Waals surface area contributed by atoms with Gasteiger partial charge in [-0.2, -0.15) is 0 Å². The molecule has 142 valence electrons. The van der Waals surface area contributed by atoms with Crippen LogP contribution in [0.4, 0.5) is 17.1 Å². The van der Waals surface area contributed by atoms with Crippen molar-refractivity contribution >= 4 is 23.0 Å². The fourth-order valence-corrected chi connectivity index (χ4v) is 2.35. The molecule has 9 heteroatoms. The van der Waals surface area contributed by atoms with Crippen LogP contribution in [0.25, 0.3) is 0 Å². The molecule has 0 saturated carbocycles. The molecule has 0 heterocycles. The van der Waals surface area contributed by atoms with Gasteiger partial charge in [-0.3, -0.25) is 10.1 Å². The summed E-state index contributed by atoms with van der Waals surface area (Å²) in [5.41, 5.74) is -0.623. The molecule has 2 N–H and O–H groups in total. The molecule has 2 rings (SSSR count). The number of carboxylic acids is 1. The number of aromatic carboxylic acids is 1. The molecular formula is C18H19N3O6. The second-order valence-electron chi connectivity index (χ2n) is 6.76. The molecule has 0 radical (unpaired) electrons. The number of hydrogen-bond acceptors (Lipinski definition) is 7. The van der Waals surface area contributed by atoms with Crippen LogP contribution >= 0.6 is 0 Å². The predicted octanol–water partition coefficient (Wildman–Crippen LogP) is 4.72. The standard InChI is InChI=1S/C18H19N3O6/c1-18(2,3)12-8-11(27-4)9-14(16(12)22)20-19-13-6-5-10(17(23)24)7-15(13)21(25)26/h5-9,22H,1-4H3,(H,23,24)/b20-19+. The van der Waals surface area contributed by atoms with Gasteiger partial charge in [0.2, 0.25) is 0 Å². The van der Waals surface area contributed by atoms with Crippen molar-refractivity contribution in [3.63, 3.8) is 0 Å². The maximum atomic E-state index is 11.2. The number of nitrogens with zero attached hydrogens (tertiary/aromatic N) is 3. The van der Waals surface area contributed by atoms with Crippen molar-refractivity contribution in [1.82, 2.24) is 0 Å². The Hall–Kier alpha value is -3.49. The van der Waals surface area contributed by atoms with Crippen molar-refractivity contribution < 1.29 is 24.7 Å². The van der Waals surface area contributed by atoms with Gasteiger partial charge in [0.1, 0.15) is 17.2 Å². The number of nitro benzene ring substituents is 1. The Balaban J connectivity index is 2.55. The molecule has 0 atom stereocenters. The molecule has 0 aromatic heterocycles. The van der Waals surface area contributed by atoms with Gasteiger partial charge < -0.3 is 14.9 Å². The van der Waals surface area contributed by atoms with Crippen LogP contribution in [0.3, 0.4) is 0 Å². The van der Waals surface area contributed by atoms with E-state index in [1.807, 2.05) is 20.8 Å². The number of phenolic OH excluding ortho intramolecular Hbond substituents is 1. The summed E-state index contributed by atoms with van der Waals surface area (Å²) in [5, 5.41) is 38.4. The van der Waals surface area contributed by atoms with Gasteiger partial charge in [-0.1, -0.05) is 20.8 Å². The topological polar surface area (TPSA) is 135 Å². The number of nitro groups is 1. The van der Waals surface area contributed by atoms with Crippen molar-refractivity contribution in [2.45, 2.75) is 26.2 Å². The van der Waals surface area contributed by atoms with Crippen molar-refractivity contribution in [3.05, 3.63) is 51.6 Å². The minimum atomic E-state index is -1.29. The number of azo groups is 1. The number of hydrogen-bond donors (Lipinski definition) is 2. The molecule has 0 saturated heterocycles. The van der Waals surface area contributed by atoms with Gasteiger partial charge in [0.15, 0.2) is 5.69 Å². The SMILES string of the molecule is COc1cc(/N=N/c2ccc(C(=O)O)cc2[N+](=O)[O-])c(O)c(C(C)(C)C)c1. The van der Waals surface area contributed by atoms with Crippen LogP contribution in [-0.2, 0) is 5.41 Å². The Bertz CT molecular complexity index is 931. The zero-order chi connectivity index (χ0) is 20.4. The van der Waals surface area contributed by atoms with Gasteiger partial charge in [0, 0.05) is 17.7 Å². The van der Waals surface area contributed by atoms with E-state index >= 15 is 0 Å². The molecule has 0 aliphatic carbocycles. The predicted molar refractivity (Wildman–Crippen MR) is 97.6 cm³/mol. The minimum Gasteiger partial charge on any atom is -0.505 e. The first-order chi connectivity index (χ1) is 12.5. The molecule has 0 spiro atoms. The third-order valence-electron chi connectivity index (χ3n) is 3.79. The smallest absolute Gasteiger partial charge is 0.335 e. The Morgan fingerprint density at radius 2 is 1.78 bits per heavy atom. The first-order valence-electron chi connectivity index (χ1n) is 7.89. The molecule has 9 nitrogen and oxygen atoms in total. The average Bonchev–Trinajstić information content (AvgIpc) is 2.59. The number of carboxylic acid groups (broad SMARTS) is 1. The van der Waals surface area contributed by atoms with Crippen LogP contribution in [0.1, 0.15) is 36.7 Å². The van der Waals surface area contributed by atoms with E-state index in [0.29, 0.717) is 11.3 Å². The minimum absolute atomic E-state index is 0.0795. The lowest BCUT2D eigenvalue weighted by atomic mass is 9.86. The molecule has 2 aromatic carbocycles. The summed E-state index contributed by atoms with van der Waals surface area (Å²) in [6.07, 6.45) is 0. The Labute approximate surface area is 155 Å². The normalized spacial score (nSPS) is 11.6. The summed E-state index contributed by atoms with van der Waals surface area (Å²) in [4.78, 5) is 21.4. The largest absolute Gasteiger partial charge is 0.505 e. The summed E-state index contributed by atoms with van der Waals surface area (Å²) in [6, 6.07) is 6.41. The average molecular weight is 373 g/mol. The van der Waals surface area contributed by atoms with Gasteiger partial charge in [0.05, 0.1) is 17.6 Å². The zero-order valence-corrected chi connectivity index (χ0v) is 15.3. The number of aromatic hydroxyl groups is 1. The van der Waals surface area contributed by atoms with E-state index in [-0.39, 0.29) is 22.7 Å². The first kappa shape index (κ1) is 19.8. The lowest BCUT2D eigenvalue weighted by Crippen LogP contribution is -2.11. The fraction of sp³-hybridized carbons (Fsp3) is 0.278. The molecule has 0 bridgehead atoms. The zero-order valence-electron chi connectivity index (χ0n) is 15.3. The number of carbonyl (C=O) groups is 1. The van der Waals surface area contributed by atoms with Gasteiger partial charge in [-0.15, -0.1) is 10.2 Å². The van der Waals surface area contributed by atoms with Crippen LogP contribution < -0.4 is 4.74 Å². The van der Waals surface area contributed by atoms with Gasteiger partial charge in [-0.25, -0.2) is 4.79 Å². The van der Waals surface area contributed by atoms with E-state index < -0.39 is 22.0 Å². The summed E-state index contributed by atoms with van der Waals surface area (Å²) in [6.45, 7) is 5.70. The monoisotopic (exact) mass is 373 g/mol. The van der Waals surface area contributed by atoms with Crippen molar-refractivity contribution in [3.8, 4) is 11.5 Å².